The summed E-state index contributed by atoms with van der Waals surface area (Å²) in [6.45, 7) is 9.28. The van der Waals surface area contributed by atoms with Gasteiger partial charge in [-0.25, -0.2) is 9.78 Å². The molecular weight excluding hydrogens is 388 g/mol. The molecule has 8 heteroatoms. The number of hydrogen-bond donors (Lipinski definition) is 1. The molecule has 4 rings (SSSR count). The van der Waals surface area contributed by atoms with Crippen molar-refractivity contribution >= 4 is 32.7 Å². The van der Waals surface area contributed by atoms with Crippen LogP contribution in [0.3, 0.4) is 0 Å². The standard InChI is InChI=1S/C21H30N4O3S/c1-14(2)24-8-10-25(11-9-24)21(26)23-20-22-18-17(27-3)5-4-16(19(18)29-20)15-6-12-28-13-7-15/h4-5,14-15H,6-13H2,1-3H3,(H,22,23,26). The Balaban J connectivity index is 1.53. The van der Waals surface area contributed by atoms with Crippen LogP contribution >= 0.6 is 11.3 Å². The quantitative estimate of drug-likeness (QED) is 0.819. The van der Waals surface area contributed by atoms with Crippen molar-refractivity contribution in [3.63, 3.8) is 0 Å². The second-order valence-corrected chi connectivity index (χ2v) is 8.99. The molecule has 0 bridgehead atoms. The Kier molecular flexibility index (Phi) is 6.22. The Morgan fingerprint density at radius 1 is 1.24 bits per heavy atom. The lowest BCUT2D eigenvalue weighted by atomic mass is 9.91. The summed E-state index contributed by atoms with van der Waals surface area (Å²) in [5, 5.41) is 3.66. The number of benzene rings is 1. The zero-order chi connectivity index (χ0) is 20.4. The number of nitrogens with one attached hydrogen (secondary N) is 1. The highest BCUT2D eigenvalue weighted by Gasteiger charge is 2.25. The molecule has 0 saturated carbocycles. The summed E-state index contributed by atoms with van der Waals surface area (Å²) in [6, 6.07) is 4.58. The third kappa shape index (κ3) is 4.34. The van der Waals surface area contributed by atoms with E-state index < -0.39 is 0 Å². The molecule has 2 amide bonds. The van der Waals surface area contributed by atoms with Gasteiger partial charge in [0.2, 0.25) is 0 Å². The van der Waals surface area contributed by atoms with Crippen molar-refractivity contribution in [3.05, 3.63) is 17.7 Å². The SMILES string of the molecule is COc1ccc(C2CCOCC2)c2sc(NC(=O)N3CCN(C(C)C)CC3)nc12. The van der Waals surface area contributed by atoms with Gasteiger partial charge in [0.1, 0.15) is 11.3 Å². The predicted octanol–water partition coefficient (Wildman–Crippen LogP) is 3.76. The van der Waals surface area contributed by atoms with E-state index in [-0.39, 0.29) is 6.03 Å². The predicted molar refractivity (Wildman–Crippen MR) is 116 cm³/mol. The molecule has 3 heterocycles. The maximum atomic E-state index is 12.8. The number of fused-ring (bicyclic) bond motifs is 1. The van der Waals surface area contributed by atoms with Crippen LogP contribution in [0.4, 0.5) is 9.93 Å². The molecule has 1 N–H and O–H groups in total. The molecule has 2 aromatic rings. The maximum Gasteiger partial charge on any atom is 0.323 e. The van der Waals surface area contributed by atoms with Crippen LogP contribution < -0.4 is 10.1 Å². The molecule has 0 atom stereocenters. The third-order valence-corrected chi connectivity index (χ3v) is 6.98. The van der Waals surface area contributed by atoms with E-state index in [4.69, 9.17) is 14.5 Å². The molecule has 0 spiro atoms. The molecule has 0 unspecified atom stereocenters. The molecule has 2 aliphatic heterocycles. The minimum absolute atomic E-state index is 0.0703. The fourth-order valence-electron chi connectivity index (χ4n) is 4.16. The highest BCUT2D eigenvalue weighted by atomic mass is 32.1. The Morgan fingerprint density at radius 3 is 2.62 bits per heavy atom. The topological polar surface area (TPSA) is 66.9 Å². The molecule has 0 aliphatic carbocycles. The molecule has 1 aromatic heterocycles. The van der Waals surface area contributed by atoms with Gasteiger partial charge in [0, 0.05) is 45.4 Å². The highest BCUT2D eigenvalue weighted by Crippen LogP contribution is 2.40. The van der Waals surface area contributed by atoms with Crippen LogP contribution in [0.25, 0.3) is 10.2 Å². The number of urea groups is 1. The highest BCUT2D eigenvalue weighted by molar-refractivity contribution is 7.22. The normalized spacial score (nSPS) is 19.1. The van der Waals surface area contributed by atoms with E-state index in [1.165, 1.54) is 5.56 Å². The molecule has 158 valence electrons. The third-order valence-electron chi connectivity index (χ3n) is 5.96. The number of nitrogens with zero attached hydrogens (tertiary/aromatic N) is 3. The van der Waals surface area contributed by atoms with Crippen LogP contribution in [0.2, 0.25) is 0 Å². The number of amides is 2. The van der Waals surface area contributed by atoms with Gasteiger partial charge in [0.25, 0.3) is 0 Å². The van der Waals surface area contributed by atoms with E-state index in [0.717, 1.165) is 68.2 Å². The lowest BCUT2D eigenvalue weighted by molar-refractivity contribution is 0.0856. The van der Waals surface area contributed by atoms with Gasteiger partial charge in [-0.1, -0.05) is 17.4 Å². The zero-order valence-corrected chi connectivity index (χ0v) is 18.3. The number of hydrogen-bond acceptors (Lipinski definition) is 6. The van der Waals surface area contributed by atoms with Gasteiger partial charge in [-0.2, -0.15) is 0 Å². The number of carbonyl (C=O) groups excluding carboxylic acids is 1. The van der Waals surface area contributed by atoms with Gasteiger partial charge in [-0.15, -0.1) is 0 Å². The van der Waals surface area contributed by atoms with Gasteiger partial charge < -0.3 is 14.4 Å². The number of aromatic nitrogens is 1. The first kappa shape index (κ1) is 20.4. The van der Waals surface area contributed by atoms with Crippen LogP contribution in [-0.4, -0.2) is 73.4 Å². The van der Waals surface area contributed by atoms with E-state index in [0.29, 0.717) is 17.1 Å². The molecule has 2 saturated heterocycles. The van der Waals surface area contributed by atoms with Crippen molar-refractivity contribution in [1.29, 1.82) is 0 Å². The Hall–Kier alpha value is -1.90. The lowest BCUT2D eigenvalue weighted by Crippen LogP contribution is -2.51. The minimum Gasteiger partial charge on any atom is -0.494 e. The van der Waals surface area contributed by atoms with E-state index >= 15 is 0 Å². The Labute approximate surface area is 176 Å². The zero-order valence-electron chi connectivity index (χ0n) is 17.4. The second-order valence-electron chi connectivity index (χ2n) is 7.99. The molecule has 2 aliphatic rings. The van der Waals surface area contributed by atoms with E-state index in [2.05, 4.69) is 30.1 Å². The van der Waals surface area contributed by atoms with Crippen molar-refractivity contribution in [2.24, 2.45) is 0 Å². The van der Waals surface area contributed by atoms with Gasteiger partial charge in [-0.3, -0.25) is 10.2 Å². The van der Waals surface area contributed by atoms with Crippen molar-refractivity contribution < 1.29 is 14.3 Å². The van der Waals surface area contributed by atoms with Crippen LogP contribution in [-0.2, 0) is 4.74 Å². The van der Waals surface area contributed by atoms with Crippen molar-refractivity contribution in [2.75, 3.05) is 51.8 Å². The summed E-state index contributed by atoms with van der Waals surface area (Å²) in [5.74, 6) is 1.21. The molecule has 0 radical (unpaired) electrons. The number of thiazole rings is 1. The van der Waals surface area contributed by atoms with Crippen molar-refractivity contribution in [1.82, 2.24) is 14.8 Å². The van der Waals surface area contributed by atoms with Crippen molar-refractivity contribution in [3.8, 4) is 5.75 Å². The first-order valence-electron chi connectivity index (χ1n) is 10.4. The number of carbonyl (C=O) groups is 1. The van der Waals surface area contributed by atoms with Gasteiger partial charge in [0.15, 0.2) is 5.13 Å². The van der Waals surface area contributed by atoms with Crippen LogP contribution in [0, 0.1) is 0 Å². The fourth-order valence-corrected chi connectivity index (χ4v) is 5.23. The molecule has 1 aromatic carbocycles. The average Bonchev–Trinajstić information content (AvgIpc) is 3.17. The number of rotatable bonds is 4. The number of anilines is 1. The molecular formula is C21H30N4O3S. The molecule has 2 fully saturated rings. The van der Waals surface area contributed by atoms with Crippen molar-refractivity contribution in [2.45, 2.75) is 38.6 Å². The first-order valence-corrected chi connectivity index (χ1v) is 11.2. The van der Waals surface area contributed by atoms with E-state index in [9.17, 15) is 4.79 Å². The van der Waals surface area contributed by atoms with Gasteiger partial charge in [-0.05, 0) is 44.2 Å². The van der Waals surface area contributed by atoms with Gasteiger partial charge >= 0.3 is 6.03 Å². The lowest BCUT2D eigenvalue weighted by Gasteiger charge is -2.36. The van der Waals surface area contributed by atoms with Crippen LogP contribution in [0.5, 0.6) is 5.75 Å². The summed E-state index contributed by atoms with van der Waals surface area (Å²) in [5.41, 5.74) is 2.12. The Morgan fingerprint density at radius 2 is 1.97 bits per heavy atom. The van der Waals surface area contributed by atoms with Crippen LogP contribution in [0.1, 0.15) is 38.2 Å². The maximum absolute atomic E-state index is 12.8. The second kappa shape index (κ2) is 8.85. The van der Waals surface area contributed by atoms with E-state index in [1.54, 1.807) is 18.4 Å². The summed E-state index contributed by atoms with van der Waals surface area (Å²) < 4.78 is 12.2. The number of methoxy groups -OCH3 is 1. The average molecular weight is 419 g/mol. The Bertz CT molecular complexity index is 855. The van der Waals surface area contributed by atoms with Gasteiger partial charge in [0.05, 0.1) is 11.8 Å². The smallest absolute Gasteiger partial charge is 0.323 e. The fraction of sp³-hybridized carbons (Fsp3) is 0.619. The summed E-state index contributed by atoms with van der Waals surface area (Å²) in [6.07, 6.45) is 2.03. The summed E-state index contributed by atoms with van der Waals surface area (Å²) >= 11 is 1.54. The molecule has 7 nitrogen and oxygen atoms in total. The first-order chi connectivity index (χ1) is 14.1. The summed E-state index contributed by atoms with van der Waals surface area (Å²) in [4.78, 5) is 21.8. The number of ether oxygens (including phenoxy) is 2. The largest absolute Gasteiger partial charge is 0.494 e. The number of piperazine rings is 1. The summed E-state index contributed by atoms with van der Waals surface area (Å²) in [7, 11) is 1.66. The monoisotopic (exact) mass is 418 g/mol. The van der Waals surface area contributed by atoms with E-state index in [1.807, 2.05) is 11.0 Å². The van der Waals surface area contributed by atoms with Crippen LogP contribution in [0.15, 0.2) is 12.1 Å². The molecule has 29 heavy (non-hydrogen) atoms. The minimum atomic E-state index is -0.0703.